The van der Waals surface area contributed by atoms with E-state index in [0.717, 1.165) is 11.3 Å². The van der Waals surface area contributed by atoms with Crippen LogP contribution in [-0.4, -0.2) is 80.7 Å². The van der Waals surface area contributed by atoms with Crippen LogP contribution in [0.2, 0.25) is 5.02 Å². The average Bonchev–Trinajstić information content (AvgIpc) is 3.53. The van der Waals surface area contributed by atoms with Crippen molar-refractivity contribution >= 4 is 55.9 Å². The summed E-state index contributed by atoms with van der Waals surface area (Å²) in [5, 5.41) is 17.3. The van der Waals surface area contributed by atoms with Crippen molar-refractivity contribution in [2.24, 2.45) is 0 Å². The third-order valence-electron chi connectivity index (χ3n) is 5.55. The highest BCUT2D eigenvalue weighted by Crippen LogP contribution is 2.34. The lowest BCUT2D eigenvalue weighted by atomic mass is 10.0. The fraction of sp³-hybridized carbons (Fsp3) is 0.450. The number of halogens is 3. The standard InChI is InChI=1S/C20H22BrClFN7O4S/c1-9-13(22)12(21)14(26-9)18(31)27-11-3-4-29(7-10(11)23)20-28-15(16(35-20)19(32)33)17-24-8-25-30(17)5-6-34-2/h8,10-11,26H,3-7H2,1-2H3,(H,27,31)(H,32,33)/t10-,11+/m0/s1. The Hall–Kier alpha value is -2.55. The number of carboxylic acid groups (broad SMARTS) is 1. The minimum atomic E-state index is -1.40. The lowest BCUT2D eigenvalue weighted by Crippen LogP contribution is -2.52. The van der Waals surface area contributed by atoms with Gasteiger partial charge in [0.25, 0.3) is 5.91 Å². The molecule has 0 aliphatic carbocycles. The molecule has 0 spiro atoms. The van der Waals surface area contributed by atoms with Gasteiger partial charge in [-0.15, -0.1) is 0 Å². The minimum Gasteiger partial charge on any atom is -0.477 e. The number of piperidine rings is 1. The summed E-state index contributed by atoms with van der Waals surface area (Å²) in [6, 6.07) is -0.719. The van der Waals surface area contributed by atoms with Crippen molar-refractivity contribution in [1.82, 2.24) is 30.0 Å². The lowest BCUT2D eigenvalue weighted by molar-refractivity contribution is 0.0702. The topological polar surface area (TPSA) is 138 Å². The molecule has 1 saturated heterocycles. The van der Waals surface area contributed by atoms with Crippen molar-refractivity contribution in [1.29, 1.82) is 0 Å². The number of methoxy groups -OCH3 is 1. The number of nitrogens with zero attached hydrogens (tertiary/aromatic N) is 5. The molecular weight excluding hydrogens is 569 g/mol. The number of H-pyrrole nitrogens is 1. The number of thiazole rings is 1. The first-order valence-corrected chi connectivity index (χ1v) is 12.5. The highest BCUT2D eigenvalue weighted by atomic mass is 79.9. The van der Waals surface area contributed by atoms with Crippen molar-refractivity contribution in [3.63, 3.8) is 0 Å². The van der Waals surface area contributed by atoms with E-state index in [1.165, 1.54) is 11.0 Å². The molecule has 0 radical (unpaired) electrons. The largest absolute Gasteiger partial charge is 0.477 e. The zero-order valence-electron chi connectivity index (χ0n) is 18.7. The van der Waals surface area contributed by atoms with Gasteiger partial charge in [0.1, 0.15) is 28.8 Å². The summed E-state index contributed by atoms with van der Waals surface area (Å²) >= 11 is 10.3. The third-order valence-corrected chi connectivity index (χ3v) is 8.15. The Morgan fingerprint density at radius 1 is 1.49 bits per heavy atom. The Morgan fingerprint density at radius 2 is 2.26 bits per heavy atom. The molecule has 3 N–H and O–H groups in total. The first-order chi connectivity index (χ1) is 16.7. The quantitative estimate of drug-likeness (QED) is 0.364. The molecule has 1 aliphatic rings. The molecule has 3 aromatic rings. The summed E-state index contributed by atoms with van der Waals surface area (Å²) in [5.41, 5.74) is 1.03. The summed E-state index contributed by atoms with van der Waals surface area (Å²) in [5.74, 6) is -1.33. The number of aryl methyl sites for hydroxylation is 1. The number of carbonyl (C=O) groups is 2. The molecule has 2 atom stereocenters. The molecule has 188 valence electrons. The number of hydrogen-bond donors (Lipinski definition) is 3. The van der Waals surface area contributed by atoms with Gasteiger partial charge in [-0.05, 0) is 29.3 Å². The molecule has 0 saturated carbocycles. The number of ether oxygens (including phenoxy) is 1. The lowest BCUT2D eigenvalue weighted by Gasteiger charge is -2.34. The molecule has 0 aromatic carbocycles. The zero-order valence-corrected chi connectivity index (χ0v) is 21.9. The molecule has 3 aromatic heterocycles. The number of amides is 1. The molecule has 1 amide bonds. The summed E-state index contributed by atoms with van der Waals surface area (Å²) in [6.45, 7) is 2.78. The van der Waals surface area contributed by atoms with Gasteiger partial charge in [-0.1, -0.05) is 22.9 Å². The predicted octanol–water partition coefficient (Wildman–Crippen LogP) is 3.15. The number of anilines is 1. The monoisotopic (exact) mass is 589 g/mol. The first kappa shape index (κ1) is 25.5. The van der Waals surface area contributed by atoms with Gasteiger partial charge in [-0.25, -0.2) is 23.8 Å². The van der Waals surface area contributed by atoms with E-state index in [9.17, 15) is 14.7 Å². The maximum atomic E-state index is 15.1. The number of carbonyl (C=O) groups excluding carboxylic acids is 1. The van der Waals surface area contributed by atoms with Gasteiger partial charge in [0.15, 0.2) is 11.0 Å². The Balaban J connectivity index is 1.49. The van der Waals surface area contributed by atoms with Gasteiger partial charge in [-0.3, -0.25) is 4.79 Å². The van der Waals surface area contributed by atoms with E-state index < -0.39 is 24.1 Å². The molecule has 35 heavy (non-hydrogen) atoms. The van der Waals surface area contributed by atoms with Gasteiger partial charge in [-0.2, -0.15) is 5.10 Å². The number of aromatic amines is 1. The maximum absolute atomic E-state index is 15.1. The fourth-order valence-corrected chi connectivity index (χ4v) is 5.39. The second-order valence-corrected chi connectivity index (χ2v) is 10.0. The van der Waals surface area contributed by atoms with Crippen LogP contribution in [0.25, 0.3) is 11.5 Å². The predicted molar refractivity (Wildman–Crippen MR) is 131 cm³/mol. The summed E-state index contributed by atoms with van der Waals surface area (Å²) in [6.07, 6.45) is 0.224. The van der Waals surface area contributed by atoms with Gasteiger partial charge >= 0.3 is 5.97 Å². The Morgan fingerprint density at radius 3 is 2.89 bits per heavy atom. The van der Waals surface area contributed by atoms with E-state index in [-0.39, 0.29) is 22.8 Å². The number of alkyl halides is 1. The number of aromatic nitrogens is 5. The molecular formula is C20H22BrClFN7O4S. The van der Waals surface area contributed by atoms with Crippen molar-refractivity contribution in [2.45, 2.75) is 32.1 Å². The van der Waals surface area contributed by atoms with E-state index in [2.05, 4.69) is 41.3 Å². The molecule has 11 nitrogen and oxygen atoms in total. The number of nitrogens with one attached hydrogen (secondary N) is 2. The molecule has 4 rings (SSSR count). The van der Waals surface area contributed by atoms with Crippen molar-refractivity contribution in [2.75, 3.05) is 31.7 Å². The Labute approximate surface area is 216 Å². The van der Waals surface area contributed by atoms with Crippen LogP contribution in [0.1, 0.15) is 32.3 Å². The highest BCUT2D eigenvalue weighted by molar-refractivity contribution is 9.10. The smallest absolute Gasteiger partial charge is 0.348 e. The van der Waals surface area contributed by atoms with Crippen LogP contribution in [-0.2, 0) is 11.3 Å². The van der Waals surface area contributed by atoms with Crippen LogP contribution in [0.15, 0.2) is 10.8 Å². The van der Waals surface area contributed by atoms with Crippen LogP contribution in [0, 0.1) is 6.92 Å². The summed E-state index contributed by atoms with van der Waals surface area (Å²) in [4.78, 5) is 37.7. The van der Waals surface area contributed by atoms with Crippen molar-refractivity contribution in [3.8, 4) is 11.5 Å². The molecule has 0 bridgehead atoms. The van der Waals surface area contributed by atoms with E-state index in [1.807, 2.05) is 0 Å². The Bertz CT molecular complexity index is 1250. The molecule has 0 unspecified atom stereocenters. The van der Waals surface area contributed by atoms with Gasteiger partial charge < -0.3 is 25.0 Å². The summed E-state index contributed by atoms with van der Waals surface area (Å²) in [7, 11) is 1.55. The van der Waals surface area contributed by atoms with Crippen LogP contribution in [0.3, 0.4) is 0 Å². The molecule has 1 fully saturated rings. The number of hydrogen-bond acceptors (Lipinski definition) is 8. The van der Waals surface area contributed by atoms with Crippen LogP contribution >= 0.6 is 38.9 Å². The maximum Gasteiger partial charge on any atom is 0.348 e. The number of aromatic carboxylic acids is 1. The van der Waals surface area contributed by atoms with Crippen LogP contribution in [0.5, 0.6) is 0 Å². The normalized spacial score (nSPS) is 18.1. The van der Waals surface area contributed by atoms with Crippen molar-refractivity contribution in [3.05, 3.63) is 32.1 Å². The molecule has 15 heteroatoms. The van der Waals surface area contributed by atoms with Crippen LogP contribution < -0.4 is 10.2 Å². The van der Waals surface area contributed by atoms with Gasteiger partial charge in [0.2, 0.25) is 0 Å². The average molecular weight is 591 g/mol. The zero-order chi connectivity index (χ0) is 25.3. The number of carboxylic acids is 1. The molecule has 4 heterocycles. The Kier molecular flexibility index (Phi) is 7.73. The van der Waals surface area contributed by atoms with E-state index in [0.29, 0.717) is 52.3 Å². The third kappa shape index (κ3) is 5.20. The first-order valence-electron chi connectivity index (χ1n) is 10.6. The van der Waals surface area contributed by atoms with Gasteiger partial charge in [0.05, 0.1) is 35.2 Å². The van der Waals surface area contributed by atoms with Crippen molar-refractivity contribution < 1.29 is 23.8 Å². The van der Waals surface area contributed by atoms with E-state index >= 15 is 4.39 Å². The number of rotatable bonds is 8. The molecule has 1 aliphatic heterocycles. The second-order valence-electron chi connectivity index (χ2n) is 7.86. The van der Waals surface area contributed by atoms with E-state index in [4.69, 9.17) is 16.3 Å². The highest BCUT2D eigenvalue weighted by Gasteiger charge is 2.34. The SMILES string of the molecule is COCCn1ncnc1-c1nc(N2CC[C@@H](NC(=O)c3[nH]c(C)c(Cl)c3Br)[C@@H](F)C2)sc1C(=O)O. The minimum absolute atomic E-state index is 0.0126. The fourth-order valence-electron chi connectivity index (χ4n) is 3.74. The summed E-state index contributed by atoms with van der Waals surface area (Å²) < 4.78 is 22.1. The van der Waals surface area contributed by atoms with Crippen LogP contribution in [0.4, 0.5) is 9.52 Å². The second kappa shape index (κ2) is 10.6. The van der Waals surface area contributed by atoms with E-state index in [1.54, 1.807) is 18.9 Å². The van der Waals surface area contributed by atoms with Gasteiger partial charge in [0, 0.05) is 19.3 Å².